The fourth-order valence-electron chi connectivity index (χ4n) is 2.48. The molecule has 0 aliphatic rings. The molecule has 0 heterocycles. The average Bonchev–Trinajstić information content (AvgIpc) is 2.63. The van der Waals surface area contributed by atoms with Crippen LogP contribution in [-0.2, 0) is 10.0 Å². The van der Waals surface area contributed by atoms with Gasteiger partial charge >= 0.3 is 0 Å². The van der Waals surface area contributed by atoms with Gasteiger partial charge < -0.3 is 10.1 Å². The quantitative estimate of drug-likeness (QED) is 0.801. The van der Waals surface area contributed by atoms with Crippen LogP contribution in [0.5, 0.6) is 5.75 Å². The Labute approximate surface area is 152 Å². The van der Waals surface area contributed by atoms with Crippen molar-refractivity contribution in [2.45, 2.75) is 18.7 Å². The Kier molecular flexibility index (Phi) is 6.33. The Hall–Kier alpha value is -2.45. The number of ether oxygens (including phenoxy) is 1. The van der Waals surface area contributed by atoms with Gasteiger partial charge in [-0.2, -0.15) is 4.31 Å². The Bertz CT molecular complexity index is 896. The summed E-state index contributed by atoms with van der Waals surface area (Å²) in [5, 5.41) is 2.44. The van der Waals surface area contributed by atoms with Gasteiger partial charge in [0.15, 0.2) is 0 Å². The summed E-state index contributed by atoms with van der Waals surface area (Å²) in [6.45, 7) is 4.02. The first kappa shape index (κ1) is 19.9. The van der Waals surface area contributed by atoms with Crippen molar-refractivity contribution in [3.8, 4) is 5.75 Å². The van der Waals surface area contributed by atoms with Gasteiger partial charge in [0, 0.05) is 18.7 Å². The second-order valence-electron chi connectivity index (χ2n) is 5.39. The highest BCUT2D eigenvalue weighted by atomic mass is 32.2. The zero-order chi connectivity index (χ0) is 19.3. The minimum Gasteiger partial charge on any atom is -0.495 e. The number of sulfonamides is 1. The van der Waals surface area contributed by atoms with Gasteiger partial charge in [-0.05, 0) is 30.3 Å². The summed E-state index contributed by atoms with van der Waals surface area (Å²) in [6, 6.07) is 9.81. The van der Waals surface area contributed by atoms with Crippen LogP contribution < -0.4 is 10.1 Å². The Morgan fingerprint density at radius 1 is 1.15 bits per heavy atom. The molecule has 1 N–H and O–H groups in total. The average molecular weight is 380 g/mol. The zero-order valence-corrected chi connectivity index (χ0v) is 15.6. The third kappa shape index (κ3) is 4.03. The second kappa shape index (κ2) is 8.29. The molecule has 2 aromatic carbocycles. The largest absolute Gasteiger partial charge is 0.495 e. The standard InChI is InChI=1S/C18H21FN2O4S/c1-4-21(5-2)26(23,24)17-12-13(10-11-16(17)25-3)18(22)20-15-9-7-6-8-14(15)19/h6-12H,4-5H2,1-3H3,(H,20,22). The summed E-state index contributed by atoms with van der Waals surface area (Å²) in [4.78, 5) is 12.3. The van der Waals surface area contributed by atoms with E-state index in [-0.39, 0.29) is 35.0 Å². The lowest BCUT2D eigenvalue weighted by Gasteiger charge is -2.20. The molecule has 0 aliphatic carbocycles. The molecule has 2 rings (SSSR count). The molecule has 0 atom stereocenters. The van der Waals surface area contributed by atoms with E-state index in [1.54, 1.807) is 19.9 Å². The van der Waals surface area contributed by atoms with Crippen molar-refractivity contribution in [3.63, 3.8) is 0 Å². The molecule has 6 nitrogen and oxygen atoms in total. The van der Waals surface area contributed by atoms with E-state index >= 15 is 0 Å². The number of amides is 1. The van der Waals surface area contributed by atoms with Crippen LogP contribution >= 0.6 is 0 Å². The maximum absolute atomic E-state index is 13.7. The number of rotatable bonds is 7. The summed E-state index contributed by atoms with van der Waals surface area (Å²) in [6.07, 6.45) is 0. The van der Waals surface area contributed by atoms with Gasteiger partial charge in [-0.3, -0.25) is 4.79 Å². The van der Waals surface area contributed by atoms with E-state index in [1.165, 1.54) is 47.8 Å². The first-order valence-electron chi connectivity index (χ1n) is 8.09. The molecule has 2 aromatic rings. The second-order valence-corrected chi connectivity index (χ2v) is 7.30. The highest BCUT2D eigenvalue weighted by Gasteiger charge is 2.27. The first-order chi connectivity index (χ1) is 12.3. The molecule has 0 fully saturated rings. The van der Waals surface area contributed by atoms with Crippen LogP contribution in [0.15, 0.2) is 47.4 Å². The summed E-state index contributed by atoms with van der Waals surface area (Å²) in [5.74, 6) is -1.06. The summed E-state index contributed by atoms with van der Waals surface area (Å²) in [7, 11) is -2.47. The van der Waals surface area contributed by atoms with Crippen LogP contribution in [-0.4, -0.2) is 38.8 Å². The van der Waals surface area contributed by atoms with Crippen LogP contribution in [0.3, 0.4) is 0 Å². The summed E-state index contributed by atoms with van der Waals surface area (Å²) >= 11 is 0. The van der Waals surface area contributed by atoms with Crippen LogP contribution in [0.4, 0.5) is 10.1 Å². The molecule has 0 radical (unpaired) electrons. The van der Waals surface area contributed by atoms with Crippen molar-refractivity contribution in [1.82, 2.24) is 4.31 Å². The molecule has 0 unspecified atom stereocenters. The minimum absolute atomic E-state index is 0.0152. The number of halogens is 1. The fraction of sp³-hybridized carbons (Fsp3) is 0.278. The lowest BCUT2D eigenvalue weighted by atomic mass is 10.2. The van der Waals surface area contributed by atoms with Gasteiger partial charge in [0.2, 0.25) is 10.0 Å². The van der Waals surface area contributed by atoms with Crippen molar-refractivity contribution in [2.75, 3.05) is 25.5 Å². The first-order valence-corrected chi connectivity index (χ1v) is 9.53. The maximum atomic E-state index is 13.7. The van der Waals surface area contributed by atoms with Gasteiger partial charge in [0.25, 0.3) is 5.91 Å². The molecule has 1 amide bonds. The lowest BCUT2D eigenvalue weighted by Crippen LogP contribution is -2.31. The Morgan fingerprint density at radius 2 is 1.81 bits per heavy atom. The van der Waals surface area contributed by atoms with E-state index in [0.29, 0.717) is 0 Å². The molecular formula is C18H21FN2O4S. The highest BCUT2D eigenvalue weighted by Crippen LogP contribution is 2.28. The Morgan fingerprint density at radius 3 is 2.38 bits per heavy atom. The number of para-hydroxylation sites is 1. The number of carbonyl (C=O) groups is 1. The number of benzene rings is 2. The topological polar surface area (TPSA) is 75.7 Å². The van der Waals surface area contributed by atoms with Gasteiger partial charge in [-0.1, -0.05) is 26.0 Å². The predicted molar refractivity (Wildman–Crippen MR) is 97.5 cm³/mol. The number of anilines is 1. The molecule has 0 spiro atoms. The maximum Gasteiger partial charge on any atom is 0.255 e. The fourth-order valence-corrected chi connectivity index (χ4v) is 4.12. The predicted octanol–water partition coefficient (Wildman–Crippen LogP) is 3.12. The zero-order valence-electron chi connectivity index (χ0n) is 14.8. The van der Waals surface area contributed by atoms with Crippen LogP contribution in [0.1, 0.15) is 24.2 Å². The van der Waals surface area contributed by atoms with Gasteiger partial charge in [-0.15, -0.1) is 0 Å². The smallest absolute Gasteiger partial charge is 0.255 e. The van der Waals surface area contributed by atoms with Gasteiger partial charge in [-0.25, -0.2) is 12.8 Å². The van der Waals surface area contributed by atoms with E-state index in [4.69, 9.17) is 4.74 Å². The summed E-state index contributed by atoms with van der Waals surface area (Å²) in [5.41, 5.74) is 0.0984. The number of nitrogens with one attached hydrogen (secondary N) is 1. The van der Waals surface area contributed by atoms with Crippen LogP contribution in [0, 0.1) is 5.82 Å². The molecule has 0 saturated heterocycles. The van der Waals surface area contributed by atoms with Crippen molar-refractivity contribution in [3.05, 3.63) is 53.8 Å². The number of hydrogen-bond donors (Lipinski definition) is 1. The summed E-state index contributed by atoms with van der Waals surface area (Å²) < 4.78 is 45.8. The Balaban J connectivity index is 2.43. The van der Waals surface area contributed by atoms with Gasteiger partial charge in [0.1, 0.15) is 16.5 Å². The SMILES string of the molecule is CCN(CC)S(=O)(=O)c1cc(C(=O)Nc2ccccc2F)ccc1OC. The molecule has 8 heteroatoms. The van der Waals surface area contributed by atoms with E-state index in [2.05, 4.69) is 5.32 Å². The van der Waals surface area contributed by atoms with Crippen LogP contribution in [0.25, 0.3) is 0 Å². The third-order valence-corrected chi connectivity index (χ3v) is 5.94. The molecule has 140 valence electrons. The monoisotopic (exact) mass is 380 g/mol. The molecule has 0 aromatic heterocycles. The van der Waals surface area contributed by atoms with E-state index in [0.717, 1.165) is 0 Å². The number of methoxy groups -OCH3 is 1. The highest BCUT2D eigenvalue weighted by molar-refractivity contribution is 7.89. The van der Waals surface area contributed by atoms with E-state index in [9.17, 15) is 17.6 Å². The number of nitrogens with zero attached hydrogens (tertiary/aromatic N) is 1. The third-order valence-electron chi connectivity index (χ3n) is 3.87. The normalized spacial score (nSPS) is 11.4. The van der Waals surface area contributed by atoms with Gasteiger partial charge in [0.05, 0.1) is 12.8 Å². The van der Waals surface area contributed by atoms with E-state index in [1.807, 2.05) is 0 Å². The van der Waals surface area contributed by atoms with Crippen molar-refractivity contribution < 1.29 is 22.3 Å². The number of carbonyl (C=O) groups excluding carboxylic acids is 1. The number of hydrogen-bond acceptors (Lipinski definition) is 4. The molecule has 0 bridgehead atoms. The van der Waals surface area contributed by atoms with Crippen molar-refractivity contribution in [1.29, 1.82) is 0 Å². The van der Waals surface area contributed by atoms with E-state index < -0.39 is 21.7 Å². The lowest BCUT2D eigenvalue weighted by molar-refractivity contribution is 0.102. The molecule has 0 saturated carbocycles. The van der Waals surface area contributed by atoms with Crippen molar-refractivity contribution >= 4 is 21.6 Å². The minimum atomic E-state index is -3.83. The molecule has 0 aliphatic heterocycles. The van der Waals surface area contributed by atoms with Crippen molar-refractivity contribution in [2.24, 2.45) is 0 Å². The van der Waals surface area contributed by atoms with Crippen LogP contribution in [0.2, 0.25) is 0 Å². The molecule has 26 heavy (non-hydrogen) atoms. The molecular weight excluding hydrogens is 359 g/mol.